The van der Waals surface area contributed by atoms with Gasteiger partial charge in [-0.2, -0.15) is 0 Å². The first kappa shape index (κ1) is 17.9. The van der Waals surface area contributed by atoms with Crippen LogP contribution < -0.4 is 5.32 Å². The smallest absolute Gasteiger partial charge is 0.252 e. The zero-order chi connectivity index (χ0) is 18.1. The first-order chi connectivity index (χ1) is 11.9. The summed E-state index contributed by atoms with van der Waals surface area (Å²) in [6.45, 7) is 1.91. The van der Waals surface area contributed by atoms with Crippen LogP contribution in [0.25, 0.3) is 16.9 Å². The third-order valence-electron chi connectivity index (χ3n) is 4.02. The molecule has 1 aromatic heterocycles. The average Bonchev–Trinajstić information content (AvgIpc) is 2.92. The van der Waals surface area contributed by atoms with Gasteiger partial charge in [0, 0.05) is 23.3 Å². The molecule has 3 aromatic rings. The van der Waals surface area contributed by atoms with Gasteiger partial charge in [-0.1, -0.05) is 46.9 Å². The molecule has 25 heavy (non-hydrogen) atoms. The zero-order valence-corrected chi connectivity index (χ0v) is 15.9. The summed E-state index contributed by atoms with van der Waals surface area (Å²) in [6, 6.07) is 12.7. The molecule has 0 unspecified atom stereocenters. The lowest BCUT2D eigenvalue weighted by atomic mass is 10.1. The number of benzene rings is 2. The Hall–Kier alpha value is -1.94. The lowest BCUT2D eigenvalue weighted by molar-refractivity contribution is 0.0962. The molecule has 0 fully saturated rings. The number of nitrogens with zero attached hydrogens (tertiary/aromatic N) is 1. The third kappa shape index (κ3) is 3.40. The summed E-state index contributed by atoms with van der Waals surface area (Å²) in [6.07, 6.45) is 1.78. The average molecular weight is 394 g/mol. The molecule has 0 aliphatic heterocycles. The number of hydrogen-bond acceptors (Lipinski definition) is 1. The minimum Gasteiger partial charge on any atom is -0.355 e. The predicted molar refractivity (Wildman–Crippen MR) is 104 cm³/mol. The normalized spacial score (nSPS) is 10.8. The van der Waals surface area contributed by atoms with Gasteiger partial charge >= 0.3 is 0 Å². The van der Waals surface area contributed by atoms with Gasteiger partial charge in [0.2, 0.25) is 0 Å². The van der Waals surface area contributed by atoms with Crippen molar-refractivity contribution in [1.82, 2.24) is 9.88 Å². The molecule has 2 aromatic carbocycles. The van der Waals surface area contributed by atoms with Gasteiger partial charge < -0.3 is 9.88 Å². The Bertz CT molecular complexity index is 946. The van der Waals surface area contributed by atoms with Crippen molar-refractivity contribution in [2.24, 2.45) is 0 Å². The van der Waals surface area contributed by atoms with Crippen LogP contribution in [0.1, 0.15) is 15.9 Å². The third-order valence-corrected chi connectivity index (χ3v) is 4.81. The maximum Gasteiger partial charge on any atom is 0.252 e. The fourth-order valence-electron chi connectivity index (χ4n) is 2.79. The lowest BCUT2D eigenvalue weighted by Crippen LogP contribution is -2.18. The van der Waals surface area contributed by atoms with Crippen LogP contribution in [0, 0.1) is 6.92 Å². The summed E-state index contributed by atoms with van der Waals surface area (Å²) in [7, 11) is 1.61. The van der Waals surface area contributed by atoms with Crippen LogP contribution in [-0.4, -0.2) is 17.5 Å². The van der Waals surface area contributed by atoms with E-state index in [4.69, 9.17) is 34.8 Å². The highest BCUT2D eigenvalue weighted by atomic mass is 35.5. The van der Waals surface area contributed by atoms with Crippen LogP contribution in [-0.2, 0) is 0 Å². The van der Waals surface area contributed by atoms with Crippen molar-refractivity contribution in [2.45, 2.75) is 6.92 Å². The van der Waals surface area contributed by atoms with Gasteiger partial charge in [-0.3, -0.25) is 4.79 Å². The quantitative estimate of drug-likeness (QED) is 0.602. The van der Waals surface area contributed by atoms with Crippen LogP contribution >= 0.6 is 34.8 Å². The molecule has 3 nitrogen and oxygen atoms in total. The molecule has 1 N–H and O–H groups in total. The van der Waals surface area contributed by atoms with Gasteiger partial charge in [-0.25, -0.2) is 0 Å². The summed E-state index contributed by atoms with van der Waals surface area (Å²) in [4.78, 5) is 12.3. The SMILES string of the molecule is CNC(=O)c1cn(-c2ccc(Cl)cc2Cl)c(-c2ccc(Cl)cc2)c1C. The van der Waals surface area contributed by atoms with E-state index in [1.54, 1.807) is 25.4 Å². The summed E-state index contributed by atoms with van der Waals surface area (Å²) in [5, 5.41) is 4.37. The van der Waals surface area contributed by atoms with Gasteiger partial charge in [0.1, 0.15) is 0 Å². The highest BCUT2D eigenvalue weighted by Gasteiger charge is 2.20. The van der Waals surface area contributed by atoms with Gasteiger partial charge in [-0.15, -0.1) is 0 Å². The Morgan fingerprint density at radius 1 is 1.00 bits per heavy atom. The van der Waals surface area contributed by atoms with Crippen molar-refractivity contribution in [3.05, 3.63) is 74.9 Å². The molecular formula is C19H15Cl3N2O. The Kier molecular flexibility index (Phi) is 5.09. The second-order valence-electron chi connectivity index (χ2n) is 5.57. The largest absolute Gasteiger partial charge is 0.355 e. The van der Waals surface area contributed by atoms with Crippen LogP contribution in [0.2, 0.25) is 15.1 Å². The van der Waals surface area contributed by atoms with Crippen molar-refractivity contribution >= 4 is 40.7 Å². The second kappa shape index (κ2) is 7.12. The van der Waals surface area contributed by atoms with E-state index in [1.165, 1.54) is 0 Å². The van der Waals surface area contributed by atoms with Crippen LogP contribution in [0.5, 0.6) is 0 Å². The summed E-state index contributed by atoms with van der Waals surface area (Å²) < 4.78 is 1.90. The minimum atomic E-state index is -0.156. The van der Waals surface area contributed by atoms with Crippen molar-refractivity contribution in [3.8, 4) is 16.9 Å². The monoisotopic (exact) mass is 392 g/mol. The molecule has 0 saturated heterocycles. The molecule has 0 bridgehead atoms. The molecule has 0 spiro atoms. The molecule has 1 amide bonds. The number of nitrogens with one attached hydrogen (secondary N) is 1. The minimum absolute atomic E-state index is 0.156. The van der Waals surface area contributed by atoms with Gasteiger partial charge in [0.25, 0.3) is 5.91 Å². The van der Waals surface area contributed by atoms with E-state index in [9.17, 15) is 4.79 Å². The molecule has 128 valence electrons. The zero-order valence-electron chi connectivity index (χ0n) is 13.6. The molecule has 6 heteroatoms. The molecule has 0 atom stereocenters. The Morgan fingerprint density at radius 2 is 1.64 bits per heavy atom. The van der Waals surface area contributed by atoms with Gasteiger partial charge in [0.05, 0.1) is 22.0 Å². The molecule has 0 aliphatic rings. The fraction of sp³-hybridized carbons (Fsp3) is 0.105. The molecule has 1 heterocycles. The summed E-state index contributed by atoms with van der Waals surface area (Å²) in [5.74, 6) is -0.156. The number of halogens is 3. The first-order valence-corrected chi connectivity index (χ1v) is 8.71. The van der Waals surface area contributed by atoms with Crippen molar-refractivity contribution in [2.75, 3.05) is 7.05 Å². The number of rotatable bonds is 3. The topological polar surface area (TPSA) is 34.0 Å². The number of carbonyl (C=O) groups is 1. The van der Waals surface area contributed by atoms with E-state index in [0.29, 0.717) is 20.6 Å². The summed E-state index contributed by atoms with van der Waals surface area (Å²) in [5.41, 5.74) is 3.99. The van der Waals surface area contributed by atoms with Crippen molar-refractivity contribution < 1.29 is 4.79 Å². The standard InChI is InChI=1S/C19H15Cl3N2O/c1-11-15(19(25)23-2)10-24(17-8-7-14(21)9-16(17)22)18(11)12-3-5-13(20)6-4-12/h3-10H,1-2H3,(H,23,25). The first-order valence-electron chi connectivity index (χ1n) is 7.57. The van der Waals surface area contributed by atoms with E-state index >= 15 is 0 Å². The molecule has 0 aliphatic carbocycles. The predicted octanol–water partition coefficient (Wildman–Crippen LogP) is 5.77. The van der Waals surface area contributed by atoms with Crippen LogP contribution in [0.15, 0.2) is 48.7 Å². The van der Waals surface area contributed by atoms with E-state index in [2.05, 4.69) is 5.32 Å². The fourth-order valence-corrected chi connectivity index (χ4v) is 3.42. The number of aromatic nitrogens is 1. The summed E-state index contributed by atoms with van der Waals surface area (Å²) >= 11 is 18.4. The number of carbonyl (C=O) groups excluding carboxylic acids is 1. The Morgan fingerprint density at radius 3 is 2.24 bits per heavy atom. The maximum atomic E-state index is 12.3. The van der Waals surface area contributed by atoms with E-state index in [1.807, 2.05) is 41.8 Å². The van der Waals surface area contributed by atoms with Gasteiger partial charge in [0.15, 0.2) is 0 Å². The van der Waals surface area contributed by atoms with Crippen molar-refractivity contribution in [1.29, 1.82) is 0 Å². The van der Waals surface area contributed by atoms with Crippen molar-refractivity contribution in [3.63, 3.8) is 0 Å². The second-order valence-corrected chi connectivity index (χ2v) is 6.85. The molecular weight excluding hydrogens is 379 g/mol. The number of amides is 1. The van der Waals surface area contributed by atoms with Crippen LogP contribution in [0.3, 0.4) is 0 Å². The van der Waals surface area contributed by atoms with Gasteiger partial charge in [-0.05, 0) is 48.4 Å². The van der Waals surface area contributed by atoms with E-state index < -0.39 is 0 Å². The Labute approximate surface area is 161 Å². The van der Waals surface area contributed by atoms with E-state index in [0.717, 1.165) is 22.5 Å². The maximum absolute atomic E-state index is 12.3. The van der Waals surface area contributed by atoms with E-state index in [-0.39, 0.29) is 5.91 Å². The Balaban J connectivity index is 2.29. The molecule has 0 radical (unpaired) electrons. The molecule has 0 saturated carbocycles. The highest BCUT2D eigenvalue weighted by Crippen LogP contribution is 2.34. The lowest BCUT2D eigenvalue weighted by Gasteiger charge is -2.12. The highest BCUT2D eigenvalue weighted by molar-refractivity contribution is 6.35. The molecule has 3 rings (SSSR count). The van der Waals surface area contributed by atoms with Crippen LogP contribution in [0.4, 0.5) is 0 Å². The number of hydrogen-bond donors (Lipinski definition) is 1.